The van der Waals surface area contributed by atoms with E-state index in [-0.39, 0.29) is 18.0 Å². The molecule has 1 aliphatic heterocycles. The number of ether oxygens (including phenoxy) is 2. The zero-order valence-electron chi connectivity index (χ0n) is 10.2. The van der Waals surface area contributed by atoms with Crippen LogP contribution >= 0.6 is 0 Å². The van der Waals surface area contributed by atoms with E-state index in [1.807, 2.05) is 13.8 Å². The third kappa shape index (κ3) is 3.02. The van der Waals surface area contributed by atoms with E-state index < -0.39 is 5.60 Å². The Bertz CT molecular complexity index is 215. The van der Waals surface area contributed by atoms with E-state index in [9.17, 15) is 4.79 Å². The fraction of sp³-hybridized carbons (Fsp3) is 0.917. The van der Waals surface area contributed by atoms with E-state index in [0.29, 0.717) is 19.4 Å². The molecule has 15 heavy (non-hydrogen) atoms. The summed E-state index contributed by atoms with van der Waals surface area (Å²) < 4.78 is 11.4. The van der Waals surface area contributed by atoms with Gasteiger partial charge < -0.3 is 9.47 Å². The van der Waals surface area contributed by atoms with Gasteiger partial charge in [0.1, 0.15) is 5.60 Å². The number of carbonyl (C=O) groups excluding carboxylic acids is 1. The molecule has 0 amide bonds. The summed E-state index contributed by atoms with van der Waals surface area (Å²) in [5, 5.41) is 0. The molecule has 0 aliphatic carbocycles. The second-order valence-electron chi connectivity index (χ2n) is 4.56. The smallest absolute Gasteiger partial charge is 0.161 e. The molecule has 1 aliphatic rings. The van der Waals surface area contributed by atoms with E-state index in [4.69, 9.17) is 9.47 Å². The van der Waals surface area contributed by atoms with Crippen molar-refractivity contribution in [3.8, 4) is 0 Å². The van der Waals surface area contributed by atoms with Crippen molar-refractivity contribution in [2.75, 3.05) is 6.61 Å². The average molecular weight is 214 g/mol. The highest BCUT2D eigenvalue weighted by Crippen LogP contribution is 2.33. The van der Waals surface area contributed by atoms with Crippen LogP contribution in [0.25, 0.3) is 0 Å². The molecule has 1 heterocycles. The van der Waals surface area contributed by atoms with Gasteiger partial charge in [0.05, 0.1) is 12.2 Å². The predicted molar refractivity (Wildman–Crippen MR) is 58.9 cm³/mol. The van der Waals surface area contributed by atoms with Crippen LogP contribution in [0.3, 0.4) is 0 Å². The van der Waals surface area contributed by atoms with Crippen molar-refractivity contribution < 1.29 is 14.3 Å². The third-order valence-corrected chi connectivity index (χ3v) is 2.92. The Morgan fingerprint density at radius 2 is 1.93 bits per heavy atom. The van der Waals surface area contributed by atoms with Crippen LogP contribution in [0.1, 0.15) is 47.0 Å². The lowest BCUT2D eigenvalue weighted by Crippen LogP contribution is -2.50. The van der Waals surface area contributed by atoms with Gasteiger partial charge in [0.2, 0.25) is 0 Å². The van der Waals surface area contributed by atoms with Gasteiger partial charge in [-0.2, -0.15) is 0 Å². The number of hydrogen-bond donors (Lipinski definition) is 0. The van der Waals surface area contributed by atoms with Crippen molar-refractivity contribution >= 4 is 5.78 Å². The van der Waals surface area contributed by atoms with E-state index in [1.165, 1.54) is 0 Å². The summed E-state index contributed by atoms with van der Waals surface area (Å²) in [5.74, 6) is 0.137. The molecule has 0 N–H and O–H groups in total. The average Bonchev–Trinajstić information content (AvgIpc) is 2.13. The number of Topliss-reactive ketones (excluding diaryl/α,β-unsaturated/α-hetero) is 1. The predicted octanol–water partition coefficient (Wildman–Crippen LogP) is 2.33. The van der Waals surface area contributed by atoms with Crippen LogP contribution in [0.5, 0.6) is 0 Å². The van der Waals surface area contributed by atoms with Gasteiger partial charge in [0, 0.05) is 19.4 Å². The van der Waals surface area contributed by atoms with E-state index in [2.05, 4.69) is 6.92 Å². The highest BCUT2D eigenvalue weighted by molar-refractivity contribution is 5.85. The van der Waals surface area contributed by atoms with E-state index in [0.717, 1.165) is 6.42 Å². The second kappa shape index (κ2) is 5.08. The molecule has 88 valence electrons. The molecule has 2 unspecified atom stereocenters. The zero-order chi connectivity index (χ0) is 11.5. The Balaban J connectivity index is 2.74. The molecule has 0 aromatic heterocycles. The third-order valence-electron chi connectivity index (χ3n) is 2.92. The Labute approximate surface area is 92.1 Å². The minimum atomic E-state index is -0.590. The molecule has 3 heteroatoms. The largest absolute Gasteiger partial charge is 0.375 e. The first-order valence-electron chi connectivity index (χ1n) is 5.80. The standard InChI is InChI=1S/C12H22O3/c1-5-6-14-12(11(4)13)7-9(2)15-10(3)8-12/h9-10H,5-8H2,1-4H3. The quantitative estimate of drug-likeness (QED) is 0.720. The molecule has 0 radical (unpaired) electrons. The lowest BCUT2D eigenvalue weighted by atomic mass is 9.84. The van der Waals surface area contributed by atoms with Crippen LogP contribution in [0.15, 0.2) is 0 Å². The van der Waals surface area contributed by atoms with Crippen molar-refractivity contribution in [1.29, 1.82) is 0 Å². The van der Waals surface area contributed by atoms with Gasteiger partial charge in [-0.1, -0.05) is 6.92 Å². The molecule has 0 aromatic carbocycles. The van der Waals surface area contributed by atoms with Crippen molar-refractivity contribution in [3.05, 3.63) is 0 Å². The number of rotatable bonds is 4. The first-order chi connectivity index (χ1) is 7.00. The van der Waals surface area contributed by atoms with E-state index >= 15 is 0 Å². The van der Waals surface area contributed by atoms with Crippen molar-refractivity contribution in [2.45, 2.75) is 64.8 Å². The maximum atomic E-state index is 11.7. The molecule has 2 atom stereocenters. The fourth-order valence-electron chi connectivity index (χ4n) is 2.31. The highest BCUT2D eigenvalue weighted by Gasteiger charge is 2.43. The van der Waals surface area contributed by atoms with Gasteiger partial charge in [0.15, 0.2) is 5.78 Å². The summed E-state index contributed by atoms with van der Waals surface area (Å²) >= 11 is 0. The molecule has 3 nitrogen and oxygen atoms in total. The zero-order valence-corrected chi connectivity index (χ0v) is 10.2. The summed E-state index contributed by atoms with van der Waals surface area (Å²) in [7, 11) is 0. The minimum Gasteiger partial charge on any atom is -0.375 e. The van der Waals surface area contributed by atoms with Crippen LogP contribution < -0.4 is 0 Å². The maximum absolute atomic E-state index is 11.7. The van der Waals surface area contributed by atoms with Gasteiger partial charge in [-0.15, -0.1) is 0 Å². The SMILES string of the molecule is CCCOC1(C(C)=O)CC(C)OC(C)C1. The summed E-state index contributed by atoms with van der Waals surface area (Å²) in [4.78, 5) is 11.7. The Kier molecular flexibility index (Phi) is 4.29. The molecular weight excluding hydrogens is 192 g/mol. The summed E-state index contributed by atoms with van der Waals surface area (Å²) in [6, 6.07) is 0. The highest BCUT2D eigenvalue weighted by atomic mass is 16.5. The van der Waals surface area contributed by atoms with Crippen molar-refractivity contribution in [3.63, 3.8) is 0 Å². The minimum absolute atomic E-state index is 0.106. The van der Waals surface area contributed by atoms with Gasteiger partial charge >= 0.3 is 0 Å². The topological polar surface area (TPSA) is 35.5 Å². The molecule has 1 saturated heterocycles. The number of carbonyl (C=O) groups is 1. The molecule has 1 fully saturated rings. The Morgan fingerprint density at radius 3 is 2.33 bits per heavy atom. The first kappa shape index (κ1) is 12.7. The molecule has 0 aromatic rings. The monoisotopic (exact) mass is 214 g/mol. The van der Waals surface area contributed by atoms with Crippen LogP contribution in [-0.2, 0) is 14.3 Å². The van der Waals surface area contributed by atoms with Gasteiger partial charge in [-0.3, -0.25) is 4.79 Å². The molecular formula is C12H22O3. The lowest BCUT2D eigenvalue weighted by molar-refractivity contribution is -0.175. The van der Waals surface area contributed by atoms with Gasteiger partial charge in [0.25, 0.3) is 0 Å². The first-order valence-corrected chi connectivity index (χ1v) is 5.80. The van der Waals surface area contributed by atoms with Crippen molar-refractivity contribution in [1.82, 2.24) is 0 Å². The Hall–Kier alpha value is -0.410. The van der Waals surface area contributed by atoms with Crippen LogP contribution in [-0.4, -0.2) is 30.2 Å². The van der Waals surface area contributed by atoms with Crippen LogP contribution in [0.2, 0.25) is 0 Å². The normalized spacial score (nSPS) is 36.5. The Morgan fingerprint density at radius 1 is 1.40 bits per heavy atom. The summed E-state index contributed by atoms with van der Waals surface area (Å²) in [6.07, 6.45) is 2.53. The summed E-state index contributed by atoms with van der Waals surface area (Å²) in [5.41, 5.74) is -0.590. The van der Waals surface area contributed by atoms with Gasteiger partial charge in [-0.05, 0) is 27.2 Å². The van der Waals surface area contributed by atoms with Crippen LogP contribution in [0, 0.1) is 0 Å². The van der Waals surface area contributed by atoms with Crippen molar-refractivity contribution in [2.24, 2.45) is 0 Å². The van der Waals surface area contributed by atoms with Gasteiger partial charge in [-0.25, -0.2) is 0 Å². The number of ketones is 1. The maximum Gasteiger partial charge on any atom is 0.161 e. The second-order valence-corrected chi connectivity index (χ2v) is 4.56. The van der Waals surface area contributed by atoms with E-state index in [1.54, 1.807) is 6.92 Å². The lowest BCUT2D eigenvalue weighted by Gasteiger charge is -2.41. The summed E-state index contributed by atoms with van der Waals surface area (Å²) in [6.45, 7) is 8.34. The molecule has 0 spiro atoms. The number of hydrogen-bond acceptors (Lipinski definition) is 3. The molecule has 0 bridgehead atoms. The fourth-order valence-corrected chi connectivity index (χ4v) is 2.31. The molecule has 1 rings (SSSR count). The molecule has 0 saturated carbocycles. The van der Waals surface area contributed by atoms with Crippen LogP contribution in [0.4, 0.5) is 0 Å².